The molecule has 1 saturated heterocycles. The molecule has 106 valence electrons. The second-order valence-electron chi connectivity index (χ2n) is 5.07. The lowest BCUT2D eigenvalue weighted by Crippen LogP contribution is -2.33. The minimum Gasteiger partial charge on any atom is -0.381 e. The predicted molar refractivity (Wildman–Crippen MR) is 68.6 cm³/mol. The number of ether oxygens (including phenoxy) is 1. The molecule has 0 spiro atoms. The minimum absolute atomic E-state index is 0.00191. The zero-order valence-corrected chi connectivity index (χ0v) is 10.8. The van der Waals surface area contributed by atoms with Gasteiger partial charge in [-0.05, 0) is 18.3 Å². The van der Waals surface area contributed by atoms with Gasteiger partial charge in [0.1, 0.15) is 0 Å². The normalized spacial score (nSPS) is 18.1. The van der Waals surface area contributed by atoms with Crippen LogP contribution in [0.2, 0.25) is 0 Å². The number of hydrogen-bond donors (Lipinski definition) is 3. The summed E-state index contributed by atoms with van der Waals surface area (Å²) in [4.78, 5) is 3.78. The molecule has 1 aromatic rings. The van der Waals surface area contributed by atoms with E-state index in [-0.39, 0.29) is 17.1 Å². The van der Waals surface area contributed by atoms with Gasteiger partial charge >= 0.3 is 0 Å². The highest BCUT2D eigenvalue weighted by atomic mass is 19.1. The van der Waals surface area contributed by atoms with E-state index in [1.165, 1.54) is 0 Å². The maximum absolute atomic E-state index is 13.6. The van der Waals surface area contributed by atoms with Gasteiger partial charge in [-0.15, -0.1) is 0 Å². The summed E-state index contributed by atoms with van der Waals surface area (Å²) < 4.78 is 32.1. The van der Waals surface area contributed by atoms with E-state index in [1.54, 1.807) is 0 Å². The predicted octanol–water partition coefficient (Wildman–Crippen LogP) is 1.87. The van der Waals surface area contributed by atoms with Gasteiger partial charge in [0.05, 0.1) is 0 Å². The van der Waals surface area contributed by atoms with Crippen LogP contribution in [0.5, 0.6) is 0 Å². The Labute approximate surface area is 110 Å². The van der Waals surface area contributed by atoms with E-state index in [0.717, 1.165) is 18.9 Å². The Bertz CT molecular complexity index is 450. The summed E-state index contributed by atoms with van der Waals surface area (Å²) in [5.41, 5.74) is 2.12. The molecule has 2 heterocycles. The maximum Gasteiger partial charge on any atom is 0.178 e. The van der Waals surface area contributed by atoms with Crippen molar-refractivity contribution in [3.05, 3.63) is 17.7 Å². The van der Waals surface area contributed by atoms with E-state index in [2.05, 4.69) is 22.7 Å². The Morgan fingerprint density at radius 2 is 1.95 bits per heavy atom. The number of halogens is 2. The van der Waals surface area contributed by atoms with Crippen LogP contribution in [0.3, 0.4) is 0 Å². The number of hydrazine groups is 1. The average Bonchev–Trinajstić information content (AvgIpc) is 2.39. The molecule has 7 heteroatoms. The van der Waals surface area contributed by atoms with Crippen LogP contribution in [-0.2, 0) is 4.74 Å². The Hall–Kier alpha value is -1.47. The minimum atomic E-state index is -0.817. The summed E-state index contributed by atoms with van der Waals surface area (Å²) in [7, 11) is 0. The van der Waals surface area contributed by atoms with Gasteiger partial charge in [-0.1, -0.05) is 6.92 Å². The summed E-state index contributed by atoms with van der Waals surface area (Å²) >= 11 is 0. The third-order valence-corrected chi connectivity index (χ3v) is 3.45. The summed E-state index contributed by atoms with van der Waals surface area (Å²) in [6.45, 7) is 4.06. The molecule has 0 amide bonds. The number of hydrogen-bond acceptors (Lipinski definition) is 5. The monoisotopic (exact) mass is 272 g/mol. The fourth-order valence-electron chi connectivity index (χ4n) is 2.03. The largest absolute Gasteiger partial charge is 0.381 e. The van der Waals surface area contributed by atoms with Crippen LogP contribution in [0, 0.1) is 17.0 Å². The zero-order valence-electron chi connectivity index (χ0n) is 10.8. The third-order valence-electron chi connectivity index (χ3n) is 3.45. The van der Waals surface area contributed by atoms with Crippen molar-refractivity contribution in [2.75, 3.05) is 30.5 Å². The van der Waals surface area contributed by atoms with Gasteiger partial charge < -0.3 is 15.5 Å². The molecule has 1 fully saturated rings. The molecule has 19 heavy (non-hydrogen) atoms. The van der Waals surface area contributed by atoms with E-state index in [0.29, 0.717) is 19.8 Å². The quantitative estimate of drug-likeness (QED) is 0.576. The molecule has 0 radical (unpaired) electrons. The smallest absolute Gasteiger partial charge is 0.178 e. The van der Waals surface area contributed by atoms with Crippen molar-refractivity contribution in [1.29, 1.82) is 0 Å². The maximum atomic E-state index is 13.6. The van der Waals surface area contributed by atoms with E-state index < -0.39 is 11.6 Å². The molecule has 4 N–H and O–H groups in total. The Morgan fingerprint density at radius 3 is 2.58 bits per heavy atom. The Morgan fingerprint density at radius 1 is 1.32 bits per heavy atom. The first kappa shape index (κ1) is 14.0. The highest BCUT2D eigenvalue weighted by molar-refractivity contribution is 5.46. The van der Waals surface area contributed by atoms with Gasteiger partial charge in [-0.3, -0.25) is 0 Å². The number of aromatic nitrogens is 1. The van der Waals surface area contributed by atoms with Crippen molar-refractivity contribution in [3.63, 3.8) is 0 Å². The first-order valence-corrected chi connectivity index (χ1v) is 6.18. The molecule has 1 aliphatic rings. The van der Waals surface area contributed by atoms with E-state index in [4.69, 9.17) is 10.6 Å². The summed E-state index contributed by atoms with van der Waals surface area (Å²) in [5.74, 6) is 3.39. The molecule has 1 aromatic heterocycles. The van der Waals surface area contributed by atoms with E-state index >= 15 is 0 Å². The van der Waals surface area contributed by atoms with Crippen LogP contribution in [0.1, 0.15) is 19.8 Å². The average molecular weight is 272 g/mol. The van der Waals surface area contributed by atoms with Crippen molar-refractivity contribution in [2.24, 2.45) is 11.3 Å². The summed E-state index contributed by atoms with van der Waals surface area (Å²) in [6, 6.07) is 0.761. The van der Waals surface area contributed by atoms with Gasteiger partial charge in [-0.2, -0.15) is 0 Å². The molecular formula is C12H18F2N4O. The highest BCUT2D eigenvalue weighted by Crippen LogP contribution is 2.30. The number of nitrogens with one attached hydrogen (secondary N) is 2. The number of anilines is 2. The van der Waals surface area contributed by atoms with E-state index in [1.807, 2.05) is 0 Å². The van der Waals surface area contributed by atoms with Crippen LogP contribution in [0.15, 0.2) is 6.07 Å². The lowest BCUT2D eigenvalue weighted by molar-refractivity contribution is 0.0299. The van der Waals surface area contributed by atoms with Crippen LogP contribution < -0.4 is 16.6 Å². The second kappa shape index (κ2) is 5.66. The SMILES string of the molecule is CC1(CNc2nc(NN)c(F)cc2F)CCOCC1. The standard InChI is InChI=1S/C12H18F2N4O/c1-12(2-4-19-5-3-12)7-16-10-8(13)6-9(14)11(17-10)18-15/h6H,2-5,7,15H2,1H3,(H2,16,17,18). The zero-order chi connectivity index (χ0) is 13.9. The molecule has 5 nitrogen and oxygen atoms in total. The number of nitrogen functional groups attached to an aromatic ring is 1. The Balaban J connectivity index is 2.06. The summed E-state index contributed by atoms with van der Waals surface area (Å²) in [5, 5.41) is 2.92. The van der Waals surface area contributed by atoms with Crippen molar-refractivity contribution in [3.8, 4) is 0 Å². The first-order chi connectivity index (χ1) is 9.04. The molecule has 0 unspecified atom stereocenters. The molecule has 0 aromatic carbocycles. The van der Waals surface area contributed by atoms with Crippen molar-refractivity contribution >= 4 is 11.6 Å². The first-order valence-electron chi connectivity index (χ1n) is 6.18. The van der Waals surface area contributed by atoms with E-state index in [9.17, 15) is 8.78 Å². The fourth-order valence-corrected chi connectivity index (χ4v) is 2.03. The molecule has 2 rings (SSSR count). The molecule has 1 aliphatic heterocycles. The van der Waals surface area contributed by atoms with Crippen LogP contribution >= 0.6 is 0 Å². The van der Waals surface area contributed by atoms with Gasteiger partial charge in [-0.25, -0.2) is 19.6 Å². The van der Waals surface area contributed by atoms with Crippen molar-refractivity contribution < 1.29 is 13.5 Å². The molecule has 0 bridgehead atoms. The van der Waals surface area contributed by atoms with Gasteiger partial charge in [0.2, 0.25) is 0 Å². The van der Waals surface area contributed by atoms with Crippen LogP contribution in [0.4, 0.5) is 20.4 Å². The Kier molecular flexibility index (Phi) is 4.16. The topological polar surface area (TPSA) is 72.2 Å². The molecule has 0 saturated carbocycles. The van der Waals surface area contributed by atoms with Gasteiger partial charge in [0.25, 0.3) is 0 Å². The fraction of sp³-hybridized carbons (Fsp3) is 0.583. The molecular weight excluding hydrogens is 254 g/mol. The van der Waals surface area contributed by atoms with Crippen LogP contribution in [-0.4, -0.2) is 24.7 Å². The number of nitrogens with zero attached hydrogens (tertiary/aromatic N) is 1. The lowest BCUT2D eigenvalue weighted by atomic mass is 9.82. The summed E-state index contributed by atoms with van der Waals surface area (Å²) in [6.07, 6.45) is 1.79. The molecule has 0 aliphatic carbocycles. The second-order valence-corrected chi connectivity index (χ2v) is 5.07. The number of pyridine rings is 1. The third kappa shape index (κ3) is 3.30. The molecule has 0 atom stereocenters. The number of rotatable bonds is 4. The highest BCUT2D eigenvalue weighted by Gasteiger charge is 2.27. The van der Waals surface area contributed by atoms with Crippen LogP contribution in [0.25, 0.3) is 0 Å². The van der Waals surface area contributed by atoms with Gasteiger partial charge in [0, 0.05) is 25.8 Å². The van der Waals surface area contributed by atoms with Crippen molar-refractivity contribution in [2.45, 2.75) is 19.8 Å². The van der Waals surface area contributed by atoms with Crippen molar-refractivity contribution in [1.82, 2.24) is 4.98 Å². The number of nitrogens with two attached hydrogens (primary N) is 1. The van der Waals surface area contributed by atoms with Gasteiger partial charge in [0.15, 0.2) is 23.3 Å². The lowest BCUT2D eigenvalue weighted by Gasteiger charge is -2.33.